The minimum atomic E-state index is -4.56. The number of alkyl halides is 3. The molecule has 0 spiro atoms. The zero-order valence-corrected chi connectivity index (χ0v) is 14.8. The molecule has 2 aromatic carbocycles. The molecule has 26 heavy (non-hydrogen) atoms. The second kappa shape index (κ2) is 6.41. The third-order valence-electron chi connectivity index (χ3n) is 4.40. The normalized spacial score (nSPS) is 15.9. The monoisotopic (exact) mass is 382 g/mol. The van der Waals surface area contributed by atoms with Gasteiger partial charge in [0, 0.05) is 12.0 Å². The molecule has 3 nitrogen and oxygen atoms in total. The largest absolute Gasteiger partial charge is 0.492 e. The summed E-state index contributed by atoms with van der Waals surface area (Å²) in [5.41, 5.74) is 0.155. The molecule has 1 heterocycles. The average molecular weight is 383 g/mol. The van der Waals surface area contributed by atoms with Gasteiger partial charge in [-0.25, -0.2) is 0 Å². The first-order valence-corrected chi connectivity index (χ1v) is 8.26. The number of Topliss-reactive ketones (excluding diaryl/α,β-unsaturated/α-hetero) is 1. The maximum absolute atomic E-state index is 12.9. The van der Waals surface area contributed by atoms with Crippen LogP contribution in [0.2, 0.25) is 5.02 Å². The van der Waals surface area contributed by atoms with E-state index in [-0.39, 0.29) is 17.0 Å². The van der Waals surface area contributed by atoms with Crippen molar-refractivity contribution in [1.82, 2.24) is 0 Å². The Bertz CT molecular complexity index is 880. The predicted octanol–water partition coefficient (Wildman–Crippen LogP) is 3.74. The molecule has 0 aliphatic carbocycles. The van der Waals surface area contributed by atoms with Crippen molar-refractivity contribution in [2.45, 2.75) is 32.0 Å². The van der Waals surface area contributed by atoms with Crippen LogP contribution in [0.4, 0.5) is 13.2 Å². The lowest BCUT2D eigenvalue weighted by molar-refractivity contribution is -0.137. The van der Waals surface area contributed by atoms with Crippen LogP contribution in [0, 0.1) is 0 Å². The van der Waals surface area contributed by atoms with Crippen LogP contribution < -0.4 is 5.46 Å². The summed E-state index contributed by atoms with van der Waals surface area (Å²) in [5.74, 6) is -0.534. The van der Waals surface area contributed by atoms with Crippen molar-refractivity contribution in [3.63, 3.8) is 0 Å². The van der Waals surface area contributed by atoms with Gasteiger partial charge in [0.05, 0.1) is 16.2 Å². The number of ketones is 1. The topological polar surface area (TPSA) is 46.5 Å². The van der Waals surface area contributed by atoms with Crippen LogP contribution in [0.15, 0.2) is 36.4 Å². The molecule has 0 radical (unpaired) electrons. The number of hydrogen-bond acceptors (Lipinski definition) is 3. The molecular formula is C18H15BClF3O3. The van der Waals surface area contributed by atoms with E-state index >= 15 is 0 Å². The van der Waals surface area contributed by atoms with Gasteiger partial charge in [-0.2, -0.15) is 13.2 Å². The van der Waals surface area contributed by atoms with Crippen LogP contribution in [-0.2, 0) is 22.9 Å². The molecule has 8 heteroatoms. The Morgan fingerprint density at radius 1 is 1.23 bits per heavy atom. The van der Waals surface area contributed by atoms with E-state index in [9.17, 15) is 23.0 Å². The number of benzene rings is 2. The van der Waals surface area contributed by atoms with Crippen LogP contribution in [-0.4, -0.2) is 17.9 Å². The standard InChI is InChI=1S/C18H15BClF3O3/c1-17(2)13-5-3-10(7-14(13)19(25)26-17)8-16(24)12-9-11(18(21,22)23)4-6-15(12)20/h3-7,9,25H,8H2,1-2H3. The fraction of sp³-hybridized carbons (Fsp3) is 0.278. The molecule has 1 aliphatic heterocycles. The van der Waals surface area contributed by atoms with Crippen molar-refractivity contribution >= 4 is 30.0 Å². The molecule has 136 valence electrons. The number of hydrogen-bond donors (Lipinski definition) is 1. The van der Waals surface area contributed by atoms with Gasteiger partial charge in [0.25, 0.3) is 0 Å². The Morgan fingerprint density at radius 3 is 2.58 bits per heavy atom. The SMILES string of the molecule is CC1(C)OB(O)c2cc(CC(=O)c3cc(C(F)(F)F)ccc3Cl)ccc21. The van der Waals surface area contributed by atoms with Crippen molar-refractivity contribution in [2.24, 2.45) is 0 Å². The van der Waals surface area contributed by atoms with Gasteiger partial charge in [0.1, 0.15) is 0 Å². The van der Waals surface area contributed by atoms with Crippen molar-refractivity contribution in [3.05, 3.63) is 63.7 Å². The quantitative estimate of drug-likeness (QED) is 0.650. The summed E-state index contributed by atoms with van der Waals surface area (Å²) in [6.07, 6.45) is -4.69. The third kappa shape index (κ3) is 3.52. The zero-order valence-electron chi connectivity index (χ0n) is 14.0. The molecule has 0 fully saturated rings. The molecule has 0 bridgehead atoms. The lowest BCUT2D eigenvalue weighted by Gasteiger charge is -2.19. The van der Waals surface area contributed by atoms with Crippen LogP contribution in [0.1, 0.15) is 40.9 Å². The molecule has 3 rings (SSSR count). The molecule has 0 atom stereocenters. The van der Waals surface area contributed by atoms with Crippen molar-refractivity contribution in [2.75, 3.05) is 0 Å². The minimum absolute atomic E-state index is 0.0336. The lowest BCUT2D eigenvalue weighted by atomic mass is 9.77. The van der Waals surface area contributed by atoms with E-state index in [1.54, 1.807) is 18.2 Å². The Balaban J connectivity index is 1.89. The summed E-state index contributed by atoms with van der Waals surface area (Å²) in [6, 6.07) is 7.75. The third-order valence-corrected chi connectivity index (χ3v) is 4.73. The van der Waals surface area contributed by atoms with E-state index in [0.29, 0.717) is 11.0 Å². The highest BCUT2D eigenvalue weighted by atomic mass is 35.5. The van der Waals surface area contributed by atoms with Gasteiger partial charge in [-0.3, -0.25) is 4.79 Å². The molecule has 0 saturated carbocycles. The Kier molecular flexibility index (Phi) is 4.67. The smallest absolute Gasteiger partial charge is 0.423 e. The molecule has 0 amide bonds. The van der Waals surface area contributed by atoms with Gasteiger partial charge >= 0.3 is 13.3 Å². The van der Waals surface area contributed by atoms with Crippen LogP contribution in [0.3, 0.4) is 0 Å². The Labute approximate surface area is 153 Å². The van der Waals surface area contributed by atoms with Crippen LogP contribution in [0.25, 0.3) is 0 Å². The fourth-order valence-corrected chi connectivity index (χ4v) is 3.30. The molecule has 0 saturated heterocycles. The van der Waals surface area contributed by atoms with Crippen molar-refractivity contribution < 1.29 is 27.6 Å². The summed E-state index contributed by atoms with van der Waals surface area (Å²) in [6.45, 7) is 3.63. The number of carbonyl (C=O) groups excluding carboxylic acids is 1. The number of halogens is 4. The van der Waals surface area contributed by atoms with Crippen molar-refractivity contribution in [1.29, 1.82) is 0 Å². The van der Waals surface area contributed by atoms with E-state index in [4.69, 9.17) is 16.3 Å². The summed E-state index contributed by atoms with van der Waals surface area (Å²) in [7, 11) is -1.10. The summed E-state index contributed by atoms with van der Waals surface area (Å²) in [4.78, 5) is 12.5. The molecule has 1 N–H and O–H groups in total. The van der Waals surface area contributed by atoms with Gasteiger partial charge in [0.15, 0.2) is 5.78 Å². The average Bonchev–Trinajstić information content (AvgIpc) is 2.75. The van der Waals surface area contributed by atoms with E-state index in [1.165, 1.54) is 0 Å². The van der Waals surface area contributed by atoms with Gasteiger partial charge in [-0.05, 0) is 48.6 Å². The van der Waals surface area contributed by atoms with Crippen LogP contribution in [0.5, 0.6) is 0 Å². The van der Waals surface area contributed by atoms with Gasteiger partial charge in [-0.1, -0.05) is 29.8 Å². The molecule has 0 aromatic heterocycles. The first kappa shape index (κ1) is 19.0. The highest BCUT2D eigenvalue weighted by Gasteiger charge is 2.40. The molecule has 2 aromatic rings. The van der Waals surface area contributed by atoms with E-state index < -0.39 is 30.2 Å². The number of fused-ring (bicyclic) bond motifs is 1. The minimum Gasteiger partial charge on any atom is -0.423 e. The zero-order chi connectivity index (χ0) is 19.3. The van der Waals surface area contributed by atoms with E-state index in [0.717, 1.165) is 23.8 Å². The first-order chi connectivity index (χ1) is 12.0. The summed E-state index contributed by atoms with van der Waals surface area (Å²) < 4.78 is 44.0. The van der Waals surface area contributed by atoms with E-state index in [2.05, 4.69) is 0 Å². The predicted molar refractivity (Wildman–Crippen MR) is 92.6 cm³/mol. The van der Waals surface area contributed by atoms with Gasteiger partial charge in [-0.15, -0.1) is 0 Å². The highest BCUT2D eigenvalue weighted by molar-refractivity contribution is 6.62. The highest BCUT2D eigenvalue weighted by Crippen LogP contribution is 2.33. The molecule has 0 unspecified atom stereocenters. The van der Waals surface area contributed by atoms with Gasteiger partial charge < -0.3 is 9.68 Å². The van der Waals surface area contributed by atoms with E-state index in [1.807, 2.05) is 13.8 Å². The van der Waals surface area contributed by atoms with Gasteiger partial charge in [0.2, 0.25) is 0 Å². The summed E-state index contributed by atoms with van der Waals surface area (Å²) >= 11 is 5.91. The second-order valence-electron chi connectivity index (χ2n) is 6.69. The fourth-order valence-electron chi connectivity index (χ4n) is 3.08. The maximum atomic E-state index is 12.9. The lowest BCUT2D eigenvalue weighted by Crippen LogP contribution is -2.29. The molecular weight excluding hydrogens is 367 g/mol. The Morgan fingerprint density at radius 2 is 1.92 bits per heavy atom. The number of carbonyl (C=O) groups is 1. The Hall–Kier alpha value is -1.83. The molecule has 1 aliphatic rings. The second-order valence-corrected chi connectivity index (χ2v) is 7.10. The first-order valence-electron chi connectivity index (χ1n) is 7.88. The maximum Gasteiger partial charge on any atom is 0.492 e. The summed E-state index contributed by atoms with van der Waals surface area (Å²) in [5, 5.41) is 9.98. The van der Waals surface area contributed by atoms with Crippen molar-refractivity contribution in [3.8, 4) is 0 Å². The van der Waals surface area contributed by atoms with Crippen LogP contribution >= 0.6 is 11.6 Å². The number of rotatable bonds is 3.